The van der Waals surface area contributed by atoms with E-state index < -0.39 is 31.1 Å². The minimum Gasteiger partial charge on any atom is -0.394 e. The second-order valence-corrected chi connectivity index (χ2v) is 7.22. The summed E-state index contributed by atoms with van der Waals surface area (Å²) >= 11 is 0. The van der Waals surface area contributed by atoms with Crippen molar-refractivity contribution in [1.82, 2.24) is 24.9 Å². The number of aromatic nitrogens is 4. The molecular formula is C17H29N7O4. The first-order valence-corrected chi connectivity index (χ1v) is 9.55. The van der Waals surface area contributed by atoms with Crippen LogP contribution >= 0.6 is 0 Å². The van der Waals surface area contributed by atoms with E-state index in [1.807, 2.05) is 0 Å². The second-order valence-electron chi connectivity index (χ2n) is 7.22. The van der Waals surface area contributed by atoms with Gasteiger partial charge >= 0.3 is 0 Å². The topological polar surface area (TPSA) is 178 Å². The van der Waals surface area contributed by atoms with Gasteiger partial charge in [0.1, 0.15) is 30.2 Å². The lowest BCUT2D eigenvalue weighted by atomic mass is 9.89. The zero-order valence-corrected chi connectivity index (χ0v) is 15.7. The van der Waals surface area contributed by atoms with Crippen LogP contribution in [0.15, 0.2) is 12.7 Å². The monoisotopic (exact) mass is 395 g/mol. The molecule has 0 unspecified atom stereocenters. The molecule has 4 atom stereocenters. The molecule has 1 saturated heterocycles. The number of imidazole rings is 1. The van der Waals surface area contributed by atoms with Crippen molar-refractivity contribution < 1.29 is 20.1 Å². The van der Waals surface area contributed by atoms with E-state index in [0.29, 0.717) is 11.2 Å². The standard InChI is InChI=1S/C10H13N5O4.C7H16N2/c11-8-5-9(13-2-12-8)15(3-14-5)10-7(18)6(17)4(1-16)19-10;8-9-6-7-4-2-1-3-5-7/h2-4,6-7,10,16-18H,1H2,(H2,11,12,13);7,9H,1-6,8H2/t4-,6-,7-,10-;/m1./s1. The van der Waals surface area contributed by atoms with Gasteiger partial charge in [-0.3, -0.25) is 15.8 Å². The van der Waals surface area contributed by atoms with Gasteiger partial charge in [0, 0.05) is 6.54 Å². The molecule has 4 rings (SSSR count). The number of nitrogens with two attached hydrogens (primary N) is 2. The normalized spacial score (nSPS) is 28.3. The Bertz CT molecular complexity index is 749. The number of nitrogen functional groups attached to an aromatic ring is 1. The third-order valence-electron chi connectivity index (χ3n) is 5.31. The number of nitrogens with one attached hydrogen (secondary N) is 1. The van der Waals surface area contributed by atoms with Gasteiger partial charge in [-0.1, -0.05) is 19.3 Å². The molecule has 8 N–H and O–H groups in total. The summed E-state index contributed by atoms with van der Waals surface area (Å²) in [5, 5.41) is 28.7. The molecule has 2 fully saturated rings. The third kappa shape index (κ3) is 4.40. The summed E-state index contributed by atoms with van der Waals surface area (Å²) < 4.78 is 6.85. The summed E-state index contributed by atoms with van der Waals surface area (Å²) in [7, 11) is 0. The number of fused-ring (bicyclic) bond motifs is 1. The van der Waals surface area contributed by atoms with Crippen molar-refractivity contribution >= 4 is 17.0 Å². The van der Waals surface area contributed by atoms with Crippen LogP contribution in [0.25, 0.3) is 11.2 Å². The average molecular weight is 395 g/mol. The van der Waals surface area contributed by atoms with Gasteiger partial charge in [0.15, 0.2) is 17.7 Å². The lowest BCUT2D eigenvalue weighted by Crippen LogP contribution is -2.33. The maximum Gasteiger partial charge on any atom is 0.167 e. The van der Waals surface area contributed by atoms with E-state index in [1.54, 1.807) is 0 Å². The fourth-order valence-corrected chi connectivity index (χ4v) is 3.72. The van der Waals surface area contributed by atoms with Gasteiger partial charge < -0.3 is 25.8 Å². The molecule has 1 aliphatic carbocycles. The van der Waals surface area contributed by atoms with Crippen molar-refractivity contribution in [1.29, 1.82) is 0 Å². The Balaban J connectivity index is 0.000000211. The molecule has 28 heavy (non-hydrogen) atoms. The summed E-state index contributed by atoms with van der Waals surface area (Å²) in [5.74, 6) is 6.29. The number of ether oxygens (including phenoxy) is 1. The van der Waals surface area contributed by atoms with E-state index in [9.17, 15) is 10.2 Å². The molecule has 0 bridgehead atoms. The first kappa shape index (κ1) is 20.8. The van der Waals surface area contributed by atoms with E-state index in [2.05, 4.69) is 20.4 Å². The zero-order valence-electron chi connectivity index (χ0n) is 15.7. The Hall–Kier alpha value is -1.89. The van der Waals surface area contributed by atoms with Crippen LogP contribution in [0.2, 0.25) is 0 Å². The van der Waals surface area contributed by atoms with Gasteiger partial charge in [-0.2, -0.15) is 0 Å². The van der Waals surface area contributed by atoms with E-state index in [1.165, 1.54) is 49.3 Å². The number of hydrogen-bond donors (Lipinski definition) is 6. The van der Waals surface area contributed by atoms with E-state index in [0.717, 1.165) is 12.5 Å². The van der Waals surface area contributed by atoms with Crippen molar-refractivity contribution in [3.8, 4) is 0 Å². The molecule has 1 aliphatic heterocycles. The molecule has 2 aliphatic rings. The average Bonchev–Trinajstić information content (AvgIpc) is 3.26. The van der Waals surface area contributed by atoms with E-state index in [4.69, 9.17) is 21.4 Å². The van der Waals surface area contributed by atoms with Crippen LogP contribution < -0.4 is 17.0 Å². The Morgan fingerprint density at radius 3 is 2.54 bits per heavy atom. The second kappa shape index (κ2) is 9.54. The number of rotatable bonds is 4. The van der Waals surface area contributed by atoms with Gasteiger partial charge in [0.05, 0.1) is 12.9 Å². The van der Waals surface area contributed by atoms with Crippen LogP contribution in [-0.2, 0) is 4.74 Å². The molecule has 2 aromatic heterocycles. The largest absolute Gasteiger partial charge is 0.394 e. The molecule has 156 valence electrons. The van der Waals surface area contributed by atoms with Gasteiger partial charge in [0.25, 0.3) is 0 Å². The first-order chi connectivity index (χ1) is 13.6. The fraction of sp³-hybridized carbons (Fsp3) is 0.706. The Kier molecular flexibility index (Phi) is 7.10. The Morgan fingerprint density at radius 2 is 1.89 bits per heavy atom. The predicted molar refractivity (Wildman–Crippen MR) is 102 cm³/mol. The Labute approximate surface area is 162 Å². The van der Waals surface area contributed by atoms with Crippen LogP contribution in [0.4, 0.5) is 5.82 Å². The van der Waals surface area contributed by atoms with E-state index in [-0.39, 0.29) is 5.82 Å². The van der Waals surface area contributed by atoms with Crippen molar-refractivity contribution in [2.24, 2.45) is 11.8 Å². The zero-order chi connectivity index (χ0) is 20.1. The SMILES string of the molecule is NNCC1CCCCC1.Nc1ncnc2c1ncn2[C@@H]1O[C@H](CO)[C@@H](O)[C@H]1O. The molecule has 0 aromatic carbocycles. The van der Waals surface area contributed by atoms with Crippen LogP contribution in [-0.4, -0.2) is 66.3 Å². The van der Waals surface area contributed by atoms with Crippen LogP contribution in [0.3, 0.4) is 0 Å². The van der Waals surface area contributed by atoms with Crippen molar-refractivity contribution in [3.05, 3.63) is 12.7 Å². The predicted octanol–water partition coefficient (Wildman–Crippen LogP) is -0.950. The Morgan fingerprint density at radius 1 is 1.14 bits per heavy atom. The lowest BCUT2D eigenvalue weighted by molar-refractivity contribution is -0.0511. The maximum atomic E-state index is 9.95. The molecule has 1 saturated carbocycles. The smallest absolute Gasteiger partial charge is 0.167 e. The first-order valence-electron chi connectivity index (χ1n) is 9.55. The summed E-state index contributed by atoms with van der Waals surface area (Å²) in [6, 6.07) is 0. The van der Waals surface area contributed by atoms with Crippen molar-refractivity contribution in [3.63, 3.8) is 0 Å². The van der Waals surface area contributed by atoms with Gasteiger partial charge in [-0.05, 0) is 18.8 Å². The third-order valence-corrected chi connectivity index (χ3v) is 5.31. The summed E-state index contributed by atoms with van der Waals surface area (Å²) in [6.45, 7) is 0.623. The van der Waals surface area contributed by atoms with Crippen molar-refractivity contribution in [2.45, 2.75) is 56.6 Å². The molecule has 0 amide bonds. The molecule has 0 spiro atoms. The van der Waals surface area contributed by atoms with E-state index >= 15 is 0 Å². The van der Waals surface area contributed by atoms with Crippen molar-refractivity contribution in [2.75, 3.05) is 18.9 Å². The quantitative estimate of drug-likeness (QED) is 0.279. The van der Waals surface area contributed by atoms with Gasteiger partial charge in [0.2, 0.25) is 0 Å². The highest BCUT2D eigenvalue weighted by Crippen LogP contribution is 2.31. The molecule has 2 aromatic rings. The van der Waals surface area contributed by atoms with Gasteiger partial charge in [-0.15, -0.1) is 0 Å². The molecule has 11 nitrogen and oxygen atoms in total. The number of aliphatic hydroxyl groups excluding tert-OH is 3. The lowest BCUT2D eigenvalue weighted by Gasteiger charge is -2.20. The number of aliphatic hydroxyl groups is 3. The molecule has 11 heteroatoms. The number of anilines is 1. The van der Waals surface area contributed by atoms with Gasteiger partial charge in [-0.25, -0.2) is 15.0 Å². The van der Waals surface area contributed by atoms with Crippen LogP contribution in [0.5, 0.6) is 0 Å². The minimum atomic E-state index is -1.19. The minimum absolute atomic E-state index is 0.218. The maximum absolute atomic E-state index is 9.95. The molecule has 0 radical (unpaired) electrons. The fourth-order valence-electron chi connectivity index (χ4n) is 3.72. The van der Waals surface area contributed by atoms with Crippen LogP contribution in [0, 0.1) is 5.92 Å². The summed E-state index contributed by atoms with van der Waals surface area (Å²) in [6.07, 6.45) is 5.59. The van der Waals surface area contributed by atoms with Crippen LogP contribution in [0.1, 0.15) is 38.3 Å². The highest BCUT2D eigenvalue weighted by Gasteiger charge is 2.43. The molecule has 3 heterocycles. The highest BCUT2D eigenvalue weighted by atomic mass is 16.6. The summed E-state index contributed by atoms with van der Waals surface area (Å²) in [5.41, 5.74) is 9.18. The number of hydrogen-bond acceptors (Lipinski definition) is 10. The highest BCUT2D eigenvalue weighted by molar-refractivity contribution is 5.81. The summed E-state index contributed by atoms with van der Waals surface area (Å²) in [4.78, 5) is 11.9. The number of hydrazine groups is 1. The number of nitrogens with zero attached hydrogens (tertiary/aromatic N) is 4. The molecular weight excluding hydrogens is 366 g/mol.